The van der Waals surface area contributed by atoms with E-state index in [0.29, 0.717) is 45.6 Å². The average molecular weight is 1000 g/mol. The lowest BCUT2D eigenvalue weighted by atomic mass is 10.4. The summed E-state index contributed by atoms with van der Waals surface area (Å²) in [7, 11) is 20.5. The highest BCUT2D eigenvalue weighted by molar-refractivity contribution is 4.59. The van der Waals surface area contributed by atoms with Crippen molar-refractivity contribution in [2.45, 2.75) is 179 Å². The predicted molar refractivity (Wildman–Crippen MR) is 306 cm³/mol. The summed E-state index contributed by atoms with van der Waals surface area (Å²) < 4.78 is 67.8. The highest BCUT2D eigenvalue weighted by Crippen LogP contribution is 2.02. The van der Waals surface area contributed by atoms with E-state index >= 15 is 0 Å². The van der Waals surface area contributed by atoms with Gasteiger partial charge in [0.15, 0.2) is 0 Å². The predicted octanol–water partition coefficient (Wildman–Crippen LogP) is 14.6. The van der Waals surface area contributed by atoms with Crippen LogP contribution >= 0.6 is 0 Å². The molecule has 1 aliphatic heterocycles. The number of unbranched alkanes of at least 4 members (excludes halogenated alkanes) is 2. The number of hydrogen-bond donors (Lipinski definition) is 0. The third-order valence-corrected chi connectivity index (χ3v) is 6.03. The minimum absolute atomic E-state index is 0. The number of nitrogens with zero attached hydrogens (tertiary/aromatic N) is 1. The summed E-state index contributed by atoms with van der Waals surface area (Å²) in [5.74, 6) is 0. The summed E-state index contributed by atoms with van der Waals surface area (Å²) in [5, 5.41) is 0. The summed E-state index contributed by atoms with van der Waals surface area (Å²) in [6, 6.07) is 0. The second-order valence-corrected chi connectivity index (χ2v) is 12.2. The molecule has 1 rings (SSSR count). The van der Waals surface area contributed by atoms with E-state index in [1.54, 1.807) is 78.2 Å². The van der Waals surface area contributed by atoms with Gasteiger partial charge in [0.25, 0.3) is 0 Å². The molecular weight excluding hydrogens is 862 g/mol. The van der Waals surface area contributed by atoms with Crippen LogP contribution in [0.15, 0.2) is 0 Å². The maximum absolute atomic E-state index is 11.1. The molecule has 0 bridgehead atoms. The van der Waals surface area contributed by atoms with Gasteiger partial charge in [-0.05, 0) is 85.9 Å². The molecule has 13 nitrogen and oxygen atoms in total. The van der Waals surface area contributed by atoms with Crippen LogP contribution in [-0.4, -0.2) is 195 Å². The minimum atomic E-state index is -0.270. The van der Waals surface area contributed by atoms with Gasteiger partial charge in [-0.3, -0.25) is 4.39 Å². The lowest BCUT2D eigenvalue weighted by molar-refractivity contribution is 0.0692. The van der Waals surface area contributed by atoms with Crippen molar-refractivity contribution >= 4 is 0 Å². The van der Waals surface area contributed by atoms with Crippen LogP contribution in [0.3, 0.4) is 0 Å². The zero-order valence-corrected chi connectivity index (χ0v) is 42.3. The first kappa shape index (κ1) is 121. The molecule has 0 aromatic heterocycles. The highest BCUT2D eigenvalue weighted by Gasteiger charge is 2.03. The van der Waals surface area contributed by atoms with Crippen molar-refractivity contribution in [3.05, 3.63) is 0 Å². The van der Waals surface area contributed by atoms with Gasteiger partial charge in [-0.25, -0.2) is 0 Å². The van der Waals surface area contributed by atoms with Gasteiger partial charge in [-0.2, -0.15) is 0 Å². The van der Waals surface area contributed by atoms with Crippen molar-refractivity contribution in [2.24, 2.45) is 0 Å². The van der Waals surface area contributed by atoms with E-state index in [9.17, 15) is 4.39 Å². The molecule has 1 heterocycles. The Hall–Kier alpha value is -0.590. The molecule has 438 valence electrons. The first-order valence-corrected chi connectivity index (χ1v) is 21.2. The Kier molecular flexibility index (Phi) is 286. The fraction of sp³-hybridized carbons (Fsp3) is 1.00. The minimum Gasteiger partial charge on any atom is -0.388 e. The van der Waals surface area contributed by atoms with E-state index in [1.807, 2.05) is 20.8 Å². The van der Waals surface area contributed by atoms with Gasteiger partial charge in [0.1, 0.15) is 0 Å². The lowest BCUT2D eigenvalue weighted by Gasteiger charge is -2.01. The maximum Gasteiger partial charge on any atom is 0.0916 e. The maximum atomic E-state index is 11.1. The molecule has 67 heavy (non-hydrogen) atoms. The van der Waals surface area contributed by atoms with Crippen molar-refractivity contribution in [1.29, 1.82) is 0 Å². The molecular formula is C53H142FNO12. The molecule has 0 radical (unpaired) electrons. The topological polar surface area (TPSA) is 114 Å². The third-order valence-electron chi connectivity index (χ3n) is 6.03. The molecule has 14 heteroatoms. The fourth-order valence-corrected chi connectivity index (χ4v) is 2.61. The first-order chi connectivity index (χ1) is 28.0. The van der Waals surface area contributed by atoms with Crippen LogP contribution in [0.25, 0.3) is 0 Å². The summed E-state index contributed by atoms with van der Waals surface area (Å²) in [6.07, 6.45) is 10.7. The molecule has 0 saturated carbocycles. The molecule has 0 N–H and O–H groups in total. The molecule has 0 aliphatic carbocycles. The van der Waals surface area contributed by atoms with E-state index in [0.717, 1.165) is 65.5 Å². The van der Waals surface area contributed by atoms with E-state index in [4.69, 9.17) is 33.2 Å². The summed E-state index contributed by atoms with van der Waals surface area (Å²) in [4.78, 5) is 2.36. The van der Waals surface area contributed by atoms with Gasteiger partial charge in [0.05, 0.1) is 52.4 Å². The van der Waals surface area contributed by atoms with Gasteiger partial charge in [0, 0.05) is 118 Å². The number of hydrogen-bond acceptors (Lipinski definition) is 13. The quantitative estimate of drug-likeness (QED) is 0.0856. The Morgan fingerprint density at radius 3 is 0.821 bits per heavy atom. The number of alkyl halides is 1. The number of ether oxygens (including phenoxy) is 12. The van der Waals surface area contributed by atoms with Crippen molar-refractivity contribution in [2.75, 3.05) is 184 Å². The summed E-state index contributed by atoms with van der Waals surface area (Å²) in [6.45, 7) is 26.0. The Bertz CT molecular complexity index is 458. The van der Waals surface area contributed by atoms with Gasteiger partial charge in [0.2, 0.25) is 0 Å². The molecule has 0 aromatic carbocycles. The van der Waals surface area contributed by atoms with Gasteiger partial charge >= 0.3 is 0 Å². The molecule has 0 atom stereocenters. The Labute approximate surface area is 428 Å². The van der Waals surface area contributed by atoms with Crippen LogP contribution in [0, 0.1) is 0 Å². The van der Waals surface area contributed by atoms with Gasteiger partial charge in [-0.15, -0.1) is 0 Å². The smallest absolute Gasteiger partial charge is 0.0916 e. The fourth-order valence-electron chi connectivity index (χ4n) is 2.61. The van der Waals surface area contributed by atoms with Crippen molar-refractivity contribution in [1.82, 2.24) is 4.90 Å². The molecule has 0 aromatic rings. The van der Waals surface area contributed by atoms with Crippen LogP contribution in [0.2, 0.25) is 0 Å². The summed E-state index contributed by atoms with van der Waals surface area (Å²) in [5.41, 5.74) is 0. The van der Waals surface area contributed by atoms with Crippen LogP contribution < -0.4 is 0 Å². The van der Waals surface area contributed by atoms with Gasteiger partial charge < -0.3 is 61.7 Å². The number of halogens is 1. The van der Waals surface area contributed by atoms with E-state index < -0.39 is 0 Å². The van der Waals surface area contributed by atoms with Crippen LogP contribution in [-0.2, 0) is 56.8 Å². The number of rotatable bonds is 24. The average Bonchev–Trinajstić information content (AvgIpc) is 3.73. The molecule has 1 aliphatic rings. The lowest BCUT2D eigenvalue weighted by Crippen LogP contribution is -2.10. The number of methoxy groups -OCH3 is 10. The van der Waals surface area contributed by atoms with Crippen molar-refractivity contribution in [3.8, 4) is 0 Å². The molecule has 0 unspecified atom stereocenters. The van der Waals surface area contributed by atoms with Crippen molar-refractivity contribution in [3.63, 3.8) is 0 Å². The van der Waals surface area contributed by atoms with Crippen LogP contribution in [0.1, 0.15) is 173 Å². The zero-order valence-electron chi connectivity index (χ0n) is 42.3. The second kappa shape index (κ2) is 158. The largest absolute Gasteiger partial charge is 0.388 e. The van der Waals surface area contributed by atoms with E-state index in [1.165, 1.54) is 45.2 Å². The SMILES string of the molecule is C.C.C.C.C.C.C.C.C.CCCCOC.CCCCOCCOC.CCCOC.CCCOCCOC.CCOC.CN1CCCC1.COC.COC(C)C.COCCCF.COCCOC. The normalized spacial score (nSPS) is 9.27. The highest BCUT2D eigenvalue weighted by atomic mass is 19.1. The van der Waals surface area contributed by atoms with Gasteiger partial charge in [-0.1, -0.05) is 107 Å². The van der Waals surface area contributed by atoms with Crippen LogP contribution in [0.5, 0.6) is 0 Å². The monoisotopic (exact) mass is 1000 g/mol. The molecule has 0 amide bonds. The second-order valence-electron chi connectivity index (χ2n) is 12.2. The van der Waals surface area contributed by atoms with E-state index in [2.05, 4.69) is 63.3 Å². The van der Waals surface area contributed by atoms with Crippen LogP contribution in [0.4, 0.5) is 4.39 Å². The molecule has 1 saturated heterocycles. The van der Waals surface area contributed by atoms with E-state index in [-0.39, 0.29) is 73.5 Å². The number of likely N-dealkylation sites (tertiary alicyclic amines) is 1. The Morgan fingerprint density at radius 2 is 0.657 bits per heavy atom. The molecule has 0 spiro atoms. The third kappa shape index (κ3) is 267. The standard InChI is InChI=1S/C7H16O2.C6H14O2.C5H11N.C5H12O.C4H9FO.C4H10O2.2C4H10O.C3H8O.C2H6O.9CH4/c1-3-4-5-9-7-6-8-2;1-3-4-8-6-5-7-2;1-6-4-2-3-5-6;1-3-4-5-6-2;1-6-4-2-3-5;1-5-3-4-6-2;1-4(2)5-3;1-3-4-5-2;1-3-4-2;1-3-2;;;;;;;;;/h3-7H2,1-2H3;3-6H2,1-2H3;2-5H2,1H3;3-5H2,1-2H3;2-4H2,1H3;3-4H2,1-2H3;4H,1-3H3;3-4H2,1-2H3;3H2,1-2H3;1-2H3;9*1H4. The Morgan fingerprint density at radius 1 is 0.388 bits per heavy atom. The van der Waals surface area contributed by atoms with Crippen molar-refractivity contribution < 1.29 is 61.2 Å². The Balaban J connectivity index is -0.0000000248. The first-order valence-electron chi connectivity index (χ1n) is 21.2. The zero-order chi connectivity index (χ0) is 46.6. The summed E-state index contributed by atoms with van der Waals surface area (Å²) >= 11 is 0. The molecule has 1 fully saturated rings.